The van der Waals surface area contributed by atoms with Crippen molar-refractivity contribution in [2.24, 2.45) is 0 Å². The summed E-state index contributed by atoms with van der Waals surface area (Å²) in [6.45, 7) is 0. The van der Waals surface area contributed by atoms with Crippen LogP contribution in [0.5, 0.6) is 0 Å². The predicted molar refractivity (Wildman–Crippen MR) is 88.2 cm³/mol. The number of carbonyl (C=O) groups is 1. The molecule has 0 aliphatic rings. The topological polar surface area (TPSA) is 124 Å². The van der Waals surface area contributed by atoms with E-state index >= 15 is 0 Å². The third-order valence-electron chi connectivity index (χ3n) is 3.15. The third-order valence-corrected chi connectivity index (χ3v) is 4.02. The smallest absolute Gasteiger partial charge is 0.339 e. The quantitative estimate of drug-likeness (QED) is 0.420. The molecule has 0 bridgehead atoms. The minimum atomic E-state index is -0.698. The van der Waals surface area contributed by atoms with Crippen LogP contribution in [-0.2, 0) is 4.74 Å². The number of esters is 1. The molecule has 0 unspecified atom stereocenters. The first-order valence-electron chi connectivity index (χ1n) is 6.97. The third kappa shape index (κ3) is 3.63. The molecule has 2 aromatic heterocycles. The maximum atomic E-state index is 11.5. The van der Waals surface area contributed by atoms with Gasteiger partial charge in [-0.1, -0.05) is 30.3 Å². The molecule has 3 aromatic rings. The van der Waals surface area contributed by atoms with Crippen LogP contribution >= 0.6 is 11.8 Å². The van der Waals surface area contributed by atoms with Crippen molar-refractivity contribution < 1.29 is 14.5 Å². The number of methoxy groups -OCH3 is 1. The van der Waals surface area contributed by atoms with E-state index in [0.29, 0.717) is 5.82 Å². The number of nitrogens with zero attached hydrogens (tertiary/aromatic N) is 4. The molecule has 25 heavy (non-hydrogen) atoms. The van der Waals surface area contributed by atoms with E-state index in [1.54, 1.807) is 0 Å². The molecule has 9 nitrogen and oxygen atoms in total. The standard InChI is InChI=1S/C15H11N5O4S/c1-24-14(21)10-7-11(20(22)23)13(16-8-10)25-15-17-12(18-19-15)9-5-3-2-4-6-9/h2-8H,1H3,(H,17,18,19). The van der Waals surface area contributed by atoms with Gasteiger partial charge in [-0.15, -0.1) is 5.10 Å². The number of aromatic nitrogens is 4. The predicted octanol–water partition coefficient (Wildman–Crippen LogP) is 2.71. The zero-order chi connectivity index (χ0) is 17.8. The van der Waals surface area contributed by atoms with Crippen LogP contribution in [-0.4, -0.2) is 38.2 Å². The number of hydrogen-bond acceptors (Lipinski definition) is 8. The zero-order valence-corrected chi connectivity index (χ0v) is 13.7. The average Bonchev–Trinajstić information content (AvgIpc) is 3.10. The molecule has 126 valence electrons. The van der Waals surface area contributed by atoms with Gasteiger partial charge >= 0.3 is 11.7 Å². The minimum absolute atomic E-state index is 0.00138. The molecule has 0 atom stereocenters. The molecule has 0 spiro atoms. The molecule has 10 heteroatoms. The number of nitrogens with one attached hydrogen (secondary N) is 1. The minimum Gasteiger partial charge on any atom is -0.465 e. The van der Waals surface area contributed by atoms with Gasteiger partial charge in [0, 0.05) is 17.8 Å². The molecule has 0 aliphatic heterocycles. The second-order valence-corrected chi connectivity index (χ2v) is 5.69. The van der Waals surface area contributed by atoms with Crippen LogP contribution in [0.2, 0.25) is 0 Å². The lowest BCUT2D eigenvalue weighted by Gasteiger charge is -2.02. The fraction of sp³-hybridized carbons (Fsp3) is 0.0667. The Morgan fingerprint density at radius 2 is 2.08 bits per heavy atom. The summed E-state index contributed by atoms with van der Waals surface area (Å²) in [6.07, 6.45) is 1.21. The summed E-state index contributed by atoms with van der Waals surface area (Å²) in [5.74, 6) is -0.159. The van der Waals surface area contributed by atoms with Gasteiger partial charge in [0.1, 0.15) is 0 Å². The van der Waals surface area contributed by atoms with Crippen LogP contribution in [0.3, 0.4) is 0 Å². The maximum Gasteiger partial charge on any atom is 0.339 e. The Morgan fingerprint density at radius 1 is 1.32 bits per heavy atom. The largest absolute Gasteiger partial charge is 0.465 e. The van der Waals surface area contributed by atoms with Crippen molar-refractivity contribution in [2.45, 2.75) is 10.2 Å². The van der Waals surface area contributed by atoms with Crippen molar-refractivity contribution in [3.8, 4) is 11.4 Å². The molecule has 2 heterocycles. The fourth-order valence-electron chi connectivity index (χ4n) is 1.98. The molecular weight excluding hydrogens is 346 g/mol. The number of carbonyl (C=O) groups excluding carboxylic acids is 1. The van der Waals surface area contributed by atoms with Crippen molar-refractivity contribution in [2.75, 3.05) is 7.11 Å². The number of pyridine rings is 1. The number of H-pyrrole nitrogens is 1. The molecule has 0 amide bonds. The number of benzene rings is 1. The Bertz CT molecular complexity index is 929. The summed E-state index contributed by atoms with van der Waals surface area (Å²) in [5.41, 5.74) is 0.517. The maximum absolute atomic E-state index is 11.5. The van der Waals surface area contributed by atoms with Gasteiger partial charge in [-0.2, -0.15) is 0 Å². The Hall–Kier alpha value is -3.27. The van der Waals surface area contributed by atoms with Crippen molar-refractivity contribution in [1.82, 2.24) is 20.2 Å². The van der Waals surface area contributed by atoms with E-state index in [2.05, 4.69) is 24.9 Å². The summed E-state index contributed by atoms with van der Waals surface area (Å²) in [4.78, 5) is 30.4. The molecule has 1 N–H and O–H groups in total. The first kappa shape index (κ1) is 16.6. The monoisotopic (exact) mass is 357 g/mol. The van der Waals surface area contributed by atoms with E-state index < -0.39 is 10.9 Å². The SMILES string of the molecule is COC(=O)c1cnc(Sc2n[nH]c(-c3ccccc3)n2)c([N+](=O)[O-])c1. The molecule has 1 aromatic carbocycles. The molecule has 0 radical (unpaired) electrons. The van der Waals surface area contributed by atoms with E-state index in [0.717, 1.165) is 23.4 Å². The summed E-state index contributed by atoms with van der Waals surface area (Å²) >= 11 is 0.928. The van der Waals surface area contributed by atoms with Gasteiger partial charge in [0.2, 0.25) is 5.16 Å². The number of rotatable bonds is 5. The van der Waals surface area contributed by atoms with E-state index in [-0.39, 0.29) is 21.4 Å². The van der Waals surface area contributed by atoms with Gasteiger partial charge < -0.3 is 4.74 Å². The summed E-state index contributed by atoms with van der Waals surface area (Å²) in [6, 6.07) is 10.4. The highest BCUT2D eigenvalue weighted by Gasteiger charge is 2.22. The Balaban J connectivity index is 1.89. The Kier molecular flexibility index (Phi) is 4.70. The first-order valence-corrected chi connectivity index (χ1v) is 7.78. The van der Waals surface area contributed by atoms with Gasteiger partial charge in [-0.3, -0.25) is 15.2 Å². The van der Waals surface area contributed by atoms with Gasteiger partial charge in [0.15, 0.2) is 10.9 Å². The van der Waals surface area contributed by atoms with Crippen molar-refractivity contribution in [3.63, 3.8) is 0 Å². The van der Waals surface area contributed by atoms with Gasteiger partial charge in [0.05, 0.1) is 17.6 Å². The number of hydrogen-bond donors (Lipinski definition) is 1. The average molecular weight is 357 g/mol. The Morgan fingerprint density at radius 3 is 2.76 bits per heavy atom. The van der Waals surface area contributed by atoms with Gasteiger partial charge in [-0.25, -0.2) is 14.8 Å². The second kappa shape index (κ2) is 7.09. The van der Waals surface area contributed by atoms with Crippen molar-refractivity contribution in [3.05, 3.63) is 58.3 Å². The fourth-order valence-corrected chi connectivity index (χ4v) is 2.73. The summed E-state index contributed by atoms with van der Waals surface area (Å²) < 4.78 is 4.54. The van der Waals surface area contributed by atoms with E-state index in [9.17, 15) is 14.9 Å². The number of ether oxygens (including phenoxy) is 1. The highest BCUT2D eigenvalue weighted by molar-refractivity contribution is 7.99. The van der Waals surface area contributed by atoms with Crippen LogP contribution < -0.4 is 0 Å². The molecule has 0 saturated carbocycles. The first-order chi connectivity index (χ1) is 12.1. The van der Waals surface area contributed by atoms with E-state index in [4.69, 9.17) is 0 Å². The molecule has 0 saturated heterocycles. The molecule has 0 aliphatic carbocycles. The summed E-state index contributed by atoms with van der Waals surface area (Å²) in [5, 5.41) is 18.4. The van der Waals surface area contributed by atoms with Crippen LogP contribution in [0.15, 0.2) is 52.8 Å². The van der Waals surface area contributed by atoms with Crippen LogP contribution in [0, 0.1) is 10.1 Å². The van der Waals surface area contributed by atoms with Crippen LogP contribution in [0.4, 0.5) is 5.69 Å². The number of nitro groups is 1. The molecule has 3 rings (SSSR count). The van der Waals surface area contributed by atoms with E-state index in [1.165, 1.54) is 13.3 Å². The van der Waals surface area contributed by atoms with Crippen molar-refractivity contribution in [1.29, 1.82) is 0 Å². The highest BCUT2D eigenvalue weighted by Crippen LogP contribution is 2.32. The van der Waals surface area contributed by atoms with Gasteiger partial charge in [-0.05, 0) is 11.8 Å². The zero-order valence-electron chi connectivity index (χ0n) is 12.9. The lowest BCUT2D eigenvalue weighted by atomic mass is 10.2. The van der Waals surface area contributed by atoms with Gasteiger partial charge in [0.25, 0.3) is 0 Å². The van der Waals surface area contributed by atoms with E-state index in [1.807, 2.05) is 30.3 Å². The summed E-state index contributed by atoms with van der Waals surface area (Å²) in [7, 11) is 1.19. The number of aromatic amines is 1. The highest BCUT2D eigenvalue weighted by atomic mass is 32.2. The normalized spacial score (nSPS) is 10.4. The van der Waals surface area contributed by atoms with Crippen LogP contribution in [0.1, 0.15) is 10.4 Å². The van der Waals surface area contributed by atoms with Crippen LogP contribution in [0.25, 0.3) is 11.4 Å². The molecule has 0 fully saturated rings. The lowest BCUT2D eigenvalue weighted by Crippen LogP contribution is -2.04. The Labute approximate surface area is 145 Å². The molecular formula is C15H11N5O4S. The second-order valence-electron chi connectivity index (χ2n) is 4.73. The van der Waals surface area contributed by atoms with Crippen molar-refractivity contribution >= 4 is 23.4 Å². The lowest BCUT2D eigenvalue weighted by molar-refractivity contribution is -0.388.